The quantitative estimate of drug-likeness (QED) is 0.786. The molecule has 0 radical (unpaired) electrons. The number of hydrogen-bond acceptors (Lipinski definition) is 3. The molecule has 0 spiro atoms. The van der Waals surface area contributed by atoms with Gasteiger partial charge in [0.25, 0.3) is 0 Å². The fourth-order valence-corrected chi connectivity index (χ4v) is 3.04. The molecule has 2 rings (SSSR count). The molecule has 4 heteroatoms. The number of nitrogens with one attached hydrogen (secondary N) is 1. The summed E-state index contributed by atoms with van der Waals surface area (Å²) in [4.78, 5) is 12.4. The van der Waals surface area contributed by atoms with Gasteiger partial charge < -0.3 is 11.1 Å². The normalized spacial score (nSPS) is 17.8. The Morgan fingerprint density at radius 1 is 1.42 bits per heavy atom. The van der Waals surface area contributed by atoms with E-state index in [9.17, 15) is 4.79 Å². The number of nitrogens with two attached hydrogens (primary N) is 1. The number of rotatable bonds is 6. The summed E-state index contributed by atoms with van der Waals surface area (Å²) in [7, 11) is 0. The van der Waals surface area contributed by atoms with Gasteiger partial charge in [0, 0.05) is 12.2 Å². The lowest BCUT2D eigenvalue weighted by Gasteiger charge is -2.18. The maximum absolute atomic E-state index is 12.4. The van der Waals surface area contributed by atoms with E-state index in [-0.39, 0.29) is 11.3 Å². The van der Waals surface area contributed by atoms with Gasteiger partial charge in [-0.25, -0.2) is 0 Å². The first kappa shape index (κ1) is 14.3. The second-order valence-corrected chi connectivity index (χ2v) is 6.39. The van der Waals surface area contributed by atoms with Gasteiger partial charge in [0.2, 0.25) is 5.91 Å². The standard InChI is InChI=1S/C15H22N2OS/c1-11(10-19-2)9-17-14(18)15(7-8-15)12-3-5-13(16)6-4-12/h3-6,11H,7-10,16H2,1-2H3,(H,17,18). The minimum Gasteiger partial charge on any atom is -0.399 e. The predicted octanol–water partition coefficient (Wildman–Crippen LogP) is 2.42. The number of nitrogen functional groups attached to an aromatic ring is 1. The van der Waals surface area contributed by atoms with E-state index in [0.717, 1.165) is 36.4 Å². The monoisotopic (exact) mass is 278 g/mol. The fourth-order valence-electron chi connectivity index (χ4n) is 2.35. The van der Waals surface area contributed by atoms with Gasteiger partial charge in [-0.15, -0.1) is 0 Å². The van der Waals surface area contributed by atoms with E-state index in [2.05, 4.69) is 18.5 Å². The molecule has 1 aromatic rings. The van der Waals surface area contributed by atoms with E-state index in [1.807, 2.05) is 36.0 Å². The van der Waals surface area contributed by atoms with Crippen LogP contribution in [0, 0.1) is 5.92 Å². The first-order valence-electron chi connectivity index (χ1n) is 6.72. The Bertz CT molecular complexity index is 440. The van der Waals surface area contributed by atoms with Gasteiger partial charge in [-0.2, -0.15) is 11.8 Å². The molecular weight excluding hydrogens is 256 g/mol. The van der Waals surface area contributed by atoms with Crippen LogP contribution in [0.5, 0.6) is 0 Å². The van der Waals surface area contributed by atoms with E-state index < -0.39 is 0 Å². The number of carbonyl (C=O) groups excluding carboxylic acids is 1. The molecule has 3 N–H and O–H groups in total. The molecule has 1 aromatic carbocycles. The van der Waals surface area contributed by atoms with Crippen molar-refractivity contribution < 1.29 is 4.79 Å². The van der Waals surface area contributed by atoms with Crippen molar-refractivity contribution in [2.45, 2.75) is 25.2 Å². The van der Waals surface area contributed by atoms with Gasteiger partial charge in [-0.05, 0) is 48.5 Å². The lowest BCUT2D eigenvalue weighted by atomic mass is 9.94. The third-order valence-corrected chi connectivity index (χ3v) is 4.61. The molecule has 1 fully saturated rings. The molecule has 1 aliphatic rings. The van der Waals surface area contributed by atoms with Crippen LogP contribution < -0.4 is 11.1 Å². The third-order valence-electron chi connectivity index (χ3n) is 3.71. The summed E-state index contributed by atoms with van der Waals surface area (Å²) in [5.41, 5.74) is 7.25. The number of thioether (sulfide) groups is 1. The number of amides is 1. The van der Waals surface area contributed by atoms with Crippen LogP contribution in [0.1, 0.15) is 25.3 Å². The number of benzene rings is 1. The van der Waals surface area contributed by atoms with Crippen molar-refractivity contribution in [2.75, 3.05) is 24.3 Å². The highest BCUT2D eigenvalue weighted by Gasteiger charge is 2.51. The SMILES string of the molecule is CSCC(C)CNC(=O)C1(c2ccc(N)cc2)CC1. The van der Waals surface area contributed by atoms with Crippen molar-refractivity contribution in [3.8, 4) is 0 Å². The minimum atomic E-state index is -0.285. The zero-order valence-corrected chi connectivity index (χ0v) is 12.4. The molecule has 0 saturated heterocycles. The summed E-state index contributed by atoms with van der Waals surface area (Å²) < 4.78 is 0. The van der Waals surface area contributed by atoms with E-state index in [0.29, 0.717) is 5.92 Å². The summed E-state index contributed by atoms with van der Waals surface area (Å²) in [5, 5.41) is 3.10. The topological polar surface area (TPSA) is 55.1 Å². The van der Waals surface area contributed by atoms with Gasteiger partial charge in [0.1, 0.15) is 0 Å². The van der Waals surface area contributed by atoms with Crippen LogP contribution in [0.3, 0.4) is 0 Å². The molecular formula is C15H22N2OS. The molecule has 0 aliphatic heterocycles. The molecule has 3 nitrogen and oxygen atoms in total. The Kier molecular flexibility index (Phi) is 4.40. The molecule has 1 amide bonds. The number of anilines is 1. The van der Waals surface area contributed by atoms with Crippen molar-refractivity contribution in [3.05, 3.63) is 29.8 Å². The maximum atomic E-state index is 12.4. The number of hydrogen-bond donors (Lipinski definition) is 2. The van der Waals surface area contributed by atoms with Crippen molar-refractivity contribution in [2.24, 2.45) is 5.92 Å². The summed E-state index contributed by atoms with van der Waals surface area (Å²) in [6.45, 7) is 2.93. The first-order valence-corrected chi connectivity index (χ1v) is 8.11. The van der Waals surface area contributed by atoms with Crippen molar-refractivity contribution in [1.82, 2.24) is 5.32 Å². The largest absolute Gasteiger partial charge is 0.399 e. The van der Waals surface area contributed by atoms with Gasteiger partial charge in [0.15, 0.2) is 0 Å². The summed E-state index contributed by atoms with van der Waals surface area (Å²) in [6, 6.07) is 7.71. The summed E-state index contributed by atoms with van der Waals surface area (Å²) in [6.07, 6.45) is 3.98. The molecule has 0 bridgehead atoms. The molecule has 0 heterocycles. The Hall–Kier alpha value is -1.16. The van der Waals surface area contributed by atoms with Crippen LogP contribution in [0.15, 0.2) is 24.3 Å². The van der Waals surface area contributed by atoms with Crippen LogP contribution in [0.4, 0.5) is 5.69 Å². The van der Waals surface area contributed by atoms with E-state index >= 15 is 0 Å². The zero-order chi connectivity index (χ0) is 13.9. The molecule has 1 atom stereocenters. The summed E-state index contributed by atoms with van der Waals surface area (Å²) in [5.74, 6) is 1.76. The summed E-state index contributed by atoms with van der Waals surface area (Å²) >= 11 is 1.82. The average Bonchev–Trinajstić information content (AvgIpc) is 3.19. The van der Waals surface area contributed by atoms with Crippen LogP contribution >= 0.6 is 11.8 Å². The molecule has 0 aromatic heterocycles. The van der Waals surface area contributed by atoms with E-state index in [1.54, 1.807) is 0 Å². The molecule has 19 heavy (non-hydrogen) atoms. The lowest BCUT2D eigenvalue weighted by molar-refractivity contribution is -0.123. The van der Waals surface area contributed by atoms with Crippen LogP contribution in [-0.4, -0.2) is 24.5 Å². The van der Waals surface area contributed by atoms with Crippen molar-refractivity contribution >= 4 is 23.4 Å². The highest BCUT2D eigenvalue weighted by atomic mass is 32.2. The third kappa shape index (κ3) is 3.24. The minimum absolute atomic E-state index is 0.172. The zero-order valence-electron chi connectivity index (χ0n) is 11.6. The Morgan fingerprint density at radius 3 is 2.58 bits per heavy atom. The number of carbonyl (C=O) groups is 1. The Morgan fingerprint density at radius 2 is 2.05 bits per heavy atom. The Labute approximate surface area is 119 Å². The molecule has 104 valence electrons. The maximum Gasteiger partial charge on any atom is 0.230 e. The van der Waals surface area contributed by atoms with Crippen molar-refractivity contribution in [1.29, 1.82) is 0 Å². The second kappa shape index (κ2) is 5.87. The second-order valence-electron chi connectivity index (χ2n) is 5.47. The first-order chi connectivity index (χ1) is 9.08. The molecule has 1 saturated carbocycles. The van der Waals surface area contributed by atoms with E-state index in [4.69, 9.17) is 5.73 Å². The van der Waals surface area contributed by atoms with Gasteiger partial charge in [-0.1, -0.05) is 19.1 Å². The average molecular weight is 278 g/mol. The fraction of sp³-hybridized carbons (Fsp3) is 0.533. The van der Waals surface area contributed by atoms with Gasteiger partial charge >= 0.3 is 0 Å². The predicted molar refractivity (Wildman–Crippen MR) is 82.3 cm³/mol. The molecule has 1 unspecified atom stereocenters. The lowest BCUT2D eigenvalue weighted by Crippen LogP contribution is -2.37. The van der Waals surface area contributed by atoms with Crippen molar-refractivity contribution in [3.63, 3.8) is 0 Å². The van der Waals surface area contributed by atoms with Gasteiger partial charge in [-0.3, -0.25) is 4.79 Å². The Balaban J connectivity index is 1.96. The highest BCUT2D eigenvalue weighted by Crippen LogP contribution is 2.48. The van der Waals surface area contributed by atoms with Crippen LogP contribution in [0.25, 0.3) is 0 Å². The van der Waals surface area contributed by atoms with E-state index in [1.165, 1.54) is 0 Å². The van der Waals surface area contributed by atoms with Gasteiger partial charge in [0.05, 0.1) is 5.41 Å². The smallest absolute Gasteiger partial charge is 0.230 e. The highest BCUT2D eigenvalue weighted by molar-refractivity contribution is 7.98. The molecule has 1 aliphatic carbocycles. The van der Waals surface area contributed by atoms with Crippen LogP contribution in [0.2, 0.25) is 0 Å². The van der Waals surface area contributed by atoms with Crippen LogP contribution in [-0.2, 0) is 10.2 Å².